The number of rotatable bonds is 4. The summed E-state index contributed by atoms with van der Waals surface area (Å²) in [4.78, 5) is 0. The third-order valence-corrected chi connectivity index (χ3v) is 2.91. The quantitative estimate of drug-likeness (QED) is 0.789. The van der Waals surface area contributed by atoms with Crippen LogP contribution >= 0.6 is 11.6 Å². The number of alkyl halides is 3. The van der Waals surface area contributed by atoms with E-state index in [9.17, 15) is 13.2 Å². The molecule has 1 radical (unpaired) electrons. The van der Waals surface area contributed by atoms with E-state index in [2.05, 4.69) is 6.07 Å². The Morgan fingerprint density at radius 1 is 1.10 bits per heavy atom. The van der Waals surface area contributed by atoms with Crippen molar-refractivity contribution in [2.45, 2.75) is 12.6 Å². The molecule has 0 aliphatic carbocycles. The summed E-state index contributed by atoms with van der Waals surface area (Å²) in [5.41, 5.74) is 0.242. The smallest absolute Gasteiger partial charge is 0.416 e. The van der Waals surface area contributed by atoms with E-state index in [1.54, 1.807) is 12.1 Å². The van der Waals surface area contributed by atoms with Crippen LogP contribution in [0.4, 0.5) is 13.2 Å². The Hall–Kier alpha value is -1.68. The number of benzene rings is 2. The molecule has 0 aliphatic rings. The molecule has 0 amide bonds. The fourth-order valence-corrected chi connectivity index (χ4v) is 1.76. The van der Waals surface area contributed by atoms with E-state index in [1.807, 2.05) is 12.1 Å². The van der Waals surface area contributed by atoms with Gasteiger partial charge in [-0.15, -0.1) is 0 Å². The van der Waals surface area contributed by atoms with Crippen LogP contribution in [-0.4, -0.2) is 6.61 Å². The lowest BCUT2D eigenvalue weighted by Crippen LogP contribution is -2.06. The molecular weight excluding hydrogens is 289 g/mol. The van der Waals surface area contributed by atoms with Crippen LogP contribution < -0.4 is 4.74 Å². The second-order valence-electron chi connectivity index (χ2n) is 4.18. The second-order valence-corrected chi connectivity index (χ2v) is 4.62. The molecule has 0 unspecified atom stereocenters. The summed E-state index contributed by atoms with van der Waals surface area (Å²) in [6.45, 7) is 0.288. The predicted molar refractivity (Wildman–Crippen MR) is 70.9 cm³/mol. The zero-order valence-corrected chi connectivity index (χ0v) is 11.1. The van der Waals surface area contributed by atoms with E-state index in [0.29, 0.717) is 11.4 Å². The van der Waals surface area contributed by atoms with Gasteiger partial charge in [0, 0.05) is 11.4 Å². The van der Waals surface area contributed by atoms with Crippen LogP contribution in [0, 0.1) is 6.07 Å². The Kier molecular flexibility index (Phi) is 4.55. The molecule has 0 aromatic heterocycles. The van der Waals surface area contributed by atoms with Crippen molar-refractivity contribution in [1.29, 1.82) is 0 Å². The molecule has 0 atom stereocenters. The monoisotopic (exact) mass is 299 g/mol. The van der Waals surface area contributed by atoms with Crippen molar-refractivity contribution in [3.8, 4) is 5.75 Å². The first-order valence-electron chi connectivity index (χ1n) is 5.91. The van der Waals surface area contributed by atoms with Gasteiger partial charge in [0.05, 0.1) is 12.2 Å². The summed E-state index contributed by atoms with van der Waals surface area (Å²) in [7, 11) is 0. The summed E-state index contributed by atoms with van der Waals surface area (Å²) in [6, 6.07) is 12.9. The van der Waals surface area contributed by atoms with Crippen LogP contribution in [-0.2, 0) is 12.6 Å². The van der Waals surface area contributed by atoms with Gasteiger partial charge < -0.3 is 4.74 Å². The van der Waals surface area contributed by atoms with Gasteiger partial charge in [-0.1, -0.05) is 23.7 Å². The van der Waals surface area contributed by atoms with E-state index in [-0.39, 0.29) is 12.4 Å². The Morgan fingerprint density at radius 3 is 2.45 bits per heavy atom. The topological polar surface area (TPSA) is 9.23 Å². The molecular formula is C15H11ClF3O. The molecule has 105 valence electrons. The third-order valence-electron chi connectivity index (χ3n) is 2.66. The highest BCUT2D eigenvalue weighted by Crippen LogP contribution is 2.31. The molecule has 0 N–H and O–H groups in total. The average molecular weight is 300 g/mol. The van der Waals surface area contributed by atoms with Gasteiger partial charge >= 0.3 is 6.18 Å². The van der Waals surface area contributed by atoms with Gasteiger partial charge in [0.15, 0.2) is 0 Å². The lowest BCUT2D eigenvalue weighted by molar-refractivity contribution is -0.137. The van der Waals surface area contributed by atoms with Gasteiger partial charge in [-0.2, -0.15) is 13.2 Å². The van der Waals surface area contributed by atoms with Crippen molar-refractivity contribution < 1.29 is 17.9 Å². The number of hydrogen-bond donors (Lipinski definition) is 0. The standard InChI is InChI=1S/C15H11ClF3O/c16-13-6-4-11(5-7-13)8-9-20-14-3-1-2-12(10-14)15(17,18)19/h2-7,10H,8-9H2. The van der Waals surface area contributed by atoms with Crippen molar-refractivity contribution in [1.82, 2.24) is 0 Å². The largest absolute Gasteiger partial charge is 0.493 e. The maximum Gasteiger partial charge on any atom is 0.416 e. The summed E-state index contributed by atoms with van der Waals surface area (Å²) in [6.07, 6.45) is -3.79. The number of hydrogen-bond acceptors (Lipinski definition) is 1. The Labute approximate surface area is 119 Å². The number of halogens is 4. The first kappa shape index (κ1) is 14.7. The molecule has 20 heavy (non-hydrogen) atoms. The highest BCUT2D eigenvalue weighted by molar-refractivity contribution is 6.30. The molecule has 0 aliphatic heterocycles. The minimum absolute atomic E-state index is 0.161. The van der Waals surface area contributed by atoms with Gasteiger partial charge in [-0.05, 0) is 42.0 Å². The summed E-state index contributed by atoms with van der Waals surface area (Å²) < 4.78 is 42.8. The molecule has 0 heterocycles. The van der Waals surface area contributed by atoms with Gasteiger partial charge in [0.25, 0.3) is 0 Å². The van der Waals surface area contributed by atoms with Crippen molar-refractivity contribution in [2.75, 3.05) is 6.61 Å². The van der Waals surface area contributed by atoms with Crippen LogP contribution in [0.15, 0.2) is 42.5 Å². The maximum atomic E-state index is 12.5. The SMILES string of the molecule is FC(F)(F)c1c[c]cc(OCCc2ccc(Cl)cc2)c1. The van der Waals surface area contributed by atoms with E-state index in [0.717, 1.165) is 17.7 Å². The number of ether oxygens (including phenoxy) is 1. The first-order chi connectivity index (χ1) is 9.45. The second kappa shape index (κ2) is 6.18. The van der Waals surface area contributed by atoms with Crippen LogP contribution in [0.5, 0.6) is 5.75 Å². The average Bonchev–Trinajstić information content (AvgIpc) is 2.40. The van der Waals surface area contributed by atoms with Crippen LogP contribution in [0.1, 0.15) is 11.1 Å². The van der Waals surface area contributed by atoms with Gasteiger partial charge in [-0.3, -0.25) is 0 Å². The van der Waals surface area contributed by atoms with Crippen molar-refractivity contribution in [3.05, 3.63) is 64.7 Å². The molecule has 0 saturated carbocycles. The fraction of sp³-hybridized carbons (Fsp3) is 0.200. The van der Waals surface area contributed by atoms with Gasteiger partial charge in [-0.25, -0.2) is 0 Å². The predicted octanol–water partition coefficient (Wildman–Crippen LogP) is 4.78. The Morgan fingerprint density at radius 2 is 1.80 bits per heavy atom. The van der Waals surface area contributed by atoms with Crippen molar-refractivity contribution in [3.63, 3.8) is 0 Å². The molecule has 2 aromatic carbocycles. The van der Waals surface area contributed by atoms with Crippen molar-refractivity contribution >= 4 is 11.6 Å². The van der Waals surface area contributed by atoms with Crippen LogP contribution in [0.2, 0.25) is 5.02 Å². The Bertz CT molecular complexity index is 564. The molecule has 2 aromatic rings. The maximum absolute atomic E-state index is 12.5. The summed E-state index contributed by atoms with van der Waals surface area (Å²) >= 11 is 5.76. The highest BCUT2D eigenvalue weighted by atomic mass is 35.5. The molecule has 5 heteroatoms. The van der Waals surface area contributed by atoms with Crippen LogP contribution in [0.25, 0.3) is 0 Å². The van der Waals surface area contributed by atoms with Crippen molar-refractivity contribution in [2.24, 2.45) is 0 Å². The molecule has 2 rings (SSSR count). The zero-order valence-electron chi connectivity index (χ0n) is 10.4. The van der Waals surface area contributed by atoms with Gasteiger partial charge in [0.1, 0.15) is 5.75 Å². The lowest BCUT2D eigenvalue weighted by Gasteiger charge is -2.10. The molecule has 0 fully saturated rings. The fourth-order valence-electron chi connectivity index (χ4n) is 1.63. The highest BCUT2D eigenvalue weighted by Gasteiger charge is 2.30. The minimum atomic E-state index is -4.38. The first-order valence-corrected chi connectivity index (χ1v) is 6.28. The molecule has 0 saturated heterocycles. The van der Waals surface area contributed by atoms with Gasteiger partial charge in [0.2, 0.25) is 0 Å². The summed E-state index contributed by atoms with van der Waals surface area (Å²) in [5.74, 6) is 0.161. The molecule has 0 spiro atoms. The Balaban J connectivity index is 1.93. The molecule has 0 bridgehead atoms. The minimum Gasteiger partial charge on any atom is -0.493 e. The molecule has 1 nitrogen and oxygen atoms in total. The van der Waals surface area contributed by atoms with Crippen LogP contribution in [0.3, 0.4) is 0 Å². The lowest BCUT2D eigenvalue weighted by atomic mass is 10.2. The normalized spacial score (nSPS) is 11.4. The summed E-state index contributed by atoms with van der Waals surface area (Å²) in [5, 5.41) is 0.641. The van der Waals surface area contributed by atoms with E-state index in [4.69, 9.17) is 16.3 Å². The van der Waals surface area contributed by atoms with E-state index in [1.165, 1.54) is 6.07 Å². The zero-order chi connectivity index (χ0) is 14.6. The van der Waals surface area contributed by atoms with E-state index < -0.39 is 11.7 Å². The third kappa shape index (κ3) is 4.17. The van der Waals surface area contributed by atoms with E-state index >= 15 is 0 Å².